The molecule has 2 atom stereocenters. The van der Waals surface area contributed by atoms with Crippen molar-refractivity contribution in [3.8, 4) is 0 Å². The van der Waals surface area contributed by atoms with Crippen molar-refractivity contribution in [2.24, 2.45) is 18.0 Å². The summed E-state index contributed by atoms with van der Waals surface area (Å²) in [6, 6.07) is 0.587. The molecular weight excluding hydrogens is 443 g/mol. The summed E-state index contributed by atoms with van der Waals surface area (Å²) in [5.41, 5.74) is 0.875. The lowest BCUT2D eigenvalue weighted by Gasteiger charge is -2.38. The third-order valence-corrected chi connectivity index (χ3v) is 4.89. The van der Waals surface area contributed by atoms with E-state index < -0.39 is 0 Å². The minimum atomic E-state index is -0.222. The average molecular weight is 474 g/mol. The van der Waals surface area contributed by atoms with Crippen LogP contribution in [0.4, 0.5) is 0 Å². The molecule has 1 aromatic rings. The molecule has 0 aromatic carbocycles. The van der Waals surface area contributed by atoms with Crippen LogP contribution in [0.15, 0.2) is 17.4 Å². The average Bonchev–Trinajstić information content (AvgIpc) is 3.14. The Kier molecular flexibility index (Phi) is 6.57. The fraction of sp³-hybridized carbons (Fsp3) is 0.722. The Morgan fingerprint density at radius 2 is 2.08 bits per heavy atom. The summed E-state index contributed by atoms with van der Waals surface area (Å²) in [7, 11) is 3.70. The lowest BCUT2D eigenvalue weighted by Crippen LogP contribution is -2.45. The van der Waals surface area contributed by atoms with Gasteiger partial charge in [-0.3, -0.25) is 14.5 Å². The van der Waals surface area contributed by atoms with Gasteiger partial charge in [-0.05, 0) is 33.6 Å². The van der Waals surface area contributed by atoms with Crippen LogP contribution in [0.25, 0.3) is 0 Å². The largest absolute Gasteiger partial charge is 0.356 e. The van der Waals surface area contributed by atoms with E-state index in [9.17, 15) is 4.79 Å². The number of hydrogen-bond donors (Lipinski definition) is 2. The van der Waals surface area contributed by atoms with Crippen LogP contribution >= 0.6 is 24.0 Å². The zero-order chi connectivity index (χ0) is 18.2. The number of halogens is 1. The number of guanidine groups is 1. The van der Waals surface area contributed by atoms with Gasteiger partial charge in [-0.1, -0.05) is 0 Å². The highest BCUT2D eigenvalue weighted by molar-refractivity contribution is 14.0. The number of rotatable bonds is 4. The summed E-state index contributed by atoms with van der Waals surface area (Å²) in [5.74, 6) is 1.22. The first-order valence-corrected chi connectivity index (χ1v) is 9.07. The predicted octanol–water partition coefficient (Wildman–Crippen LogP) is 2.05. The van der Waals surface area contributed by atoms with E-state index in [2.05, 4.69) is 41.5 Å². The van der Waals surface area contributed by atoms with Crippen molar-refractivity contribution in [1.82, 2.24) is 25.3 Å². The molecule has 0 radical (unpaired) electrons. The monoisotopic (exact) mass is 474 g/mol. The second-order valence-electron chi connectivity index (χ2n) is 8.16. The third-order valence-electron chi connectivity index (χ3n) is 4.89. The van der Waals surface area contributed by atoms with Crippen molar-refractivity contribution in [3.63, 3.8) is 0 Å². The SMILES string of the molecule is CN=C(NC[C@@H]1CC(=O)N(C(C)(C)C)[C@H]1c1cnn(C)c1)NC1CC1.I. The van der Waals surface area contributed by atoms with Gasteiger partial charge < -0.3 is 15.5 Å². The molecule has 2 fully saturated rings. The minimum Gasteiger partial charge on any atom is -0.356 e. The van der Waals surface area contributed by atoms with Gasteiger partial charge in [0, 0.05) is 56.3 Å². The van der Waals surface area contributed by atoms with Crippen molar-refractivity contribution < 1.29 is 4.79 Å². The van der Waals surface area contributed by atoms with Crippen LogP contribution in [0.5, 0.6) is 0 Å². The van der Waals surface area contributed by atoms with E-state index in [4.69, 9.17) is 0 Å². The molecule has 1 saturated heterocycles. The number of carbonyl (C=O) groups is 1. The van der Waals surface area contributed by atoms with Crippen LogP contribution in [0, 0.1) is 5.92 Å². The van der Waals surface area contributed by atoms with Crippen LogP contribution in [0.2, 0.25) is 0 Å². The topological polar surface area (TPSA) is 74.5 Å². The Morgan fingerprint density at radius 3 is 2.58 bits per heavy atom. The van der Waals surface area contributed by atoms with E-state index in [1.807, 2.05) is 24.3 Å². The molecule has 0 unspecified atom stereocenters. The fourth-order valence-corrected chi connectivity index (χ4v) is 3.63. The van der Waals surface area contributed by atoms with Gasteiger partial charge in [-0.25, -0.2) is 0 Å². The molecule has 1 aliphatic carbocycles. The number of hydrogen-bond acceptors (Lipinski definition) is 3. The standard InChI is InChI=1S/C18H30N6O.HI/c1-18(2,3)24-15(25)8-12(16(24)13-10-21-23(5)11-13)9-20-17(19-4)22-14-6-7-14;/h10-12,14,16H,6-9H2,1-5H3,(H2,19,20,22);1H/t12-,16+;/m0./s1. The van der Waals surface area contributed by atoms with Crippen LogP contribution in [0.3, 0.4) is 0 Å². The number of aliphatic imine (C=N–C) groups is 1. The molecule has 0 bridgehead atoms. The Bertz CT molecular complexity index is 661. The number of likely N-dealkylation sites (tertiary alicyclic amines) is 1. The summed E-state index contributed by atoms with van der Waals surface area (Å²) in [6.07, 6.45) is 6.86. The van der Waals surface area contributed by atoms with Gasteiger partial charge >= 0.3 is 0 Å². The number of nitrogens with zero attached hydrogens (tertiary/aromatic N) is 4. The maximum atomic E-state index is 12.7. The zero-order valence-electron chi connectivity index (χ0n) is 16.3. The quantitative estimate of drug-likeness (QED) is 0.398. The molecule has 26 heavy (non-hydrogen) atoms. The van der Waals surface area contributed by atoms with Gasteiger partial charge in [0.15, 0.2) is 5.96 Å². The third kappa shape index (κ3) is 4.69. The second kappa shape index (κ2) is 8.14. The number of amides is 1. The lowest BCUT2D eigenvalue weighted by atomic mass is 9.93. The molecule has 2 heterocycles. The molecule has 2 N–H and O–H groups in total. The maximum Gasteiger partial charge on any atom is 0.223 e. The number of aryl methyl sites for hydroxylation is 1. The molecule has 2 aliphatic rings. The van der Waals surface area contributed by atoms with Crippen molar-refractivity contribution in [3.05, 3.63) is 18.0 Å². The first kappa shape index (κ1) is 21.0. The van der Waals surface area contributed by atoms with Gasteiger partial charge in [-0.2, -0.15) is 5.10 Å². The molecule has 3 rings (SSSR count). The molecule has 1 saturated carbocycles. The normalized spacial score (nSPS) is 23.8. The molecule has 8 heteroatoms. The first-order valence-electron chi connectivity index (χ1n) is 9.07. The van der Waals surface area contributed by atoms with Gasteiger partial charge in [0.25, 0.3) is 0 Å². The van der Waals surface area contributed by atoms with Crippen LogP contribution < -0.4 is 10.6 Å². The highest BCUT2D eigenvalue weighted by atomic mass is 127. The van der Waals surface area contributed by atoms with Gasteiger partial charge in [0.1, 0.15) is 0 Å². The Hall–Kier alpha value is -1.32. The Morgan fingerprint density at radius 1 is 1.38 bits per heavy atom. The molecule has 1 amide bonds. The molecule has 0 spiro atoms. The summed E-state index contributed by atoms with van der Waals surface area (Å²) < 4.78 is 1.80. The maximum absolute atomic E-state index is 12.7. The number of aromatic nitrogens is 2. The highest BCUT2D eigenvalue weighted by Crippen LogP contribution is 2.41. The molecular formula is C18H31IN6O. The number of carbonyl (C=O) groups excluding carboxylic acids is 1. The van der Waals surface area contributed by atoms with E-state index in [0.717, 1.165) is 11.5 Å². The molecule has 1 aliphatic heterocycles. The van der Waals surface area contributed by atoms with Crippen LogP contribution in [-0.4, -0.2) is 51.7 Å². The summed E-state index contributed by atoms with van der Waals surface area (Å²) in [4.78, 5) is 19.1. The molecule has 7 nitrogen and oxygen atoms in total. The van der Waals surface area contributed by atoms with Gasteiger partial charge in [0.05, 0.1) is 12.2 Å². The van der Waals surface area contributed by atoms with Crippen LogP contribution in [-0.2, 0) is 11.8 Å². The highest BCUT2D eigenvalue weighted by Gasteiger charge is 2.45. The molecule has 1 aromatic heterocycles. The van der Waals surface area contributed by atoms with Gasteiger partial charge in [-0.15, -0.1) is 24.0 Å². The van der Waals surface area contributed by atoms with E-state index in [-0.39, 0.29) is 47.4 Å². The van der Waals surface area contributed by atoms with E-state index in [0.29, 0.717) is 19.0 Å². The van der Waals surface area contributed by atoms with E-state index in [1.54, 1.807) is 11.7 Å². The van der Waals surface area contributed by atoms with Crippen molar-refractivity contribution in [2.75, 3.05) is 13.6 Å². The minimum absolute atomic E-state index is 0. The van der Waals surface area contributed by atoms with Crippen molar-refractivity contribution >= 4 is 35.8 Å². The Labute approximate surface area is 173 Å². The van der Waals surface area contributed by atoms with Crippen molar-refractivity contribution in [2.45, 2.75) is 57.7 Å². The van der Waals surface area contributed by atoms with E-state index >= 15 is 0 Å². The Balaban J connectivity index is 0.00000243. The summed E-state index contributed by atoms with van der Waals surface area (Å²) in [6.45, 7) is 7.00. The summed E-state index contributed by atoms with van der Waals surface area (Å²) in [5, 5.41) is 11.1. The van der Waals surface area contributed by atoms with Crippen LogP contribution in [0.1, 0.15) is 51.6 Å². The summed E-state index contributed by atoms with van der Waals surface area (Å²) >= 11 is 0. The fourth-order valence-electron chi connectivity index (χ4n) is 3.63. The second-order valence-corrected chi connectivity index (χ2v) is 8.16. The van der Waals surface area contributed by atoms with Gasteiger partial charge in [0.2, 0.25) is 5.91 Å². The first-order chi connectivity index (χ1) is 11.8. The molecule has 146 valence electrons. The lowest BCUT2D eigenvalue weighted by molar-refractivity contribution is -0.133. The van der Waals surface area contributed by atoms with Crippen molar-refractivity contribution in [1.29, 1.82) is 0 Å². The zero-order valence-corrected chi connectivity index (χ0v) is 18.7. The van der Waals surface area contributed by atoms with E-state index in [1.165, 1.54) is 12.8 Å². The smallest absolute Gasteiger partial charge is 0.223 e. The number of nitrogens with one attached hydrogen (secondary N) is 2. The predicted molar refractivity (Wildman–Crippen MR) is 114 cm³/mol.